The lowest BCUT2D eigenvalue weighted by Gasteiger charge is -2.35. The molecule has 2 N–H and O–H groups in total. The number of hydrogen-bond acceptors (Lipinski definition) is 5. The maximum atomic E-state index is 11.9. The molecule has 1 aliphatic rings. The van der Waals surface area contributed by atoms with E-state index in [1.165, 1.54) is 23.3 Å². The van der Waals surface area contributed by atoms with E-state index >= 15 is 0 Å². The van der Waals surface area contributed by atoms with E-state index < -0.39 is 14.9 Å². The van der Waals surface area contributed by atoms with Gasteiger partial charge in [-0.25, -0.2) is 13.6 Å². The molecule has 8 heteroatoms. The van der Waals surface area contributed by atoms with Gasteiger partial charge >= 0.3 is 0 Å². The maximum absolute atomic E-state index is 11.9. The Morgan fingerprint density at radius 3 is 2.38 bits per heavy atom. The van der Waals surface area contributed by atoms with Crippen LogP contribution in [0.15, 0.2) is 47.4 Å². The van der Waals surface area contributed by atoms with Gasteiger partial charge in [-0.3, -0.25) is 10.1 Å². The molecule has 0 radical (unpaired) electrons. The van der Waals surface area contributed by atoms with E-state index in [0.29, 0.717) is 24.7 Å². The van der Waals surface area contributed by atoms with Crippen molar-refractivity contribution in [3.63, 3.8) is 0 Å². The molecule has 0 aliphatic carbocycles. The molecule has 0 aromatic heterocycles. The number of hydrogen-bond donors (Lipinski definition) is 1. The minimum Gasteiger partial charge on any atom is -0.370 e. The zero-order chi connectivity index (χ0) is 18.9. The van der Waals surface area contributed by atoms with Crippen LogP contribution >= 0.6 is 0 Å². The summed E-state index contributed by atoms with van der Waals surface area (Å²) in [4.78, 5) is 12.1. The zero-order valence-electron chi connectivity index (χ0n) is 14.5. The van der Waals surface area contributed by atoms with Crippen molar-refractivity contribution in [2.24, 2.45) is 5.14 Å². The molecule has 0 spiro atoms. The molecule has 1 fully saturated rings. The summed E-state index contributed by atoms with van der Waals surface area (Å²) >= 11 is 0. The van der Waals surface area contributed by atoms with Gasteiger partial charge in [0, 0.05) is 25.2 Å². The number of non-ortho nitro benzene ring substituents is 1. The fourth-order valence-electron chi connectivity index (χ4n) is 3.58. The molecule has 0 bridgehead atoms. The first kappa shape index (κ1) is 18.3. The van der Waals surface area contributed by atoms with Gasteiger partial charge in [0.25, 0.3) is 5.69 Å². The van der Waals surface area contributed by atoms with Crippen LogP contribution < -0.4 is 10.0 Å². The highest BCUT2D eigenvalue weighted by Gasteiger charge is 2.27. The van der Waals surface area contributed by atoms with Crippen LogP contribution in [0.25, 0.3) is 0 Å². The van der Waals surface area contributed by atoms with Gasteiger partial charge in [-0.05, 0) is 42.9 Å². The number of anilines is 1. The van der Waals surface area contributed by atoms with Crippen molar-refractivity contribution in [3.05, 3.63) is 63.7 Å². The molecule has 0 amide bonds. The number of nitro groups is 1. The molecule has 3 rings (SSSR count). The van der Waals surface area contributed by atoms with Crippen LogP contribution in [-0.4, -0.2) is 26.4 Å². The maximum Gasteiger partial charge on any atom is 0.270 e. The Hall–Kier alpha value is -2.45. The molecular weight excluding hydrogens is 354 g/mol. The van der Waals surface area contributed by atoms with E-state index in [0.717, 1.165) is 18.9 Å². The molecule has 0 atom stereocenters. The molecule has 7 nitrogen and oxygen atoms in total. The van der Waals surface area contributed by atoms with Crippen LogP contribution in [0.4, 0.5) is 11.4 Å². The summed E-state index contributed by atoms with van der Waals surface area (Å²) in [6.45, 7) is 3.43. The van der Waals surface area contributed by atoms with Crippen molar-refractivity contribution in [3.8, 4) is 0 Å². The third-order valence-corrected chi connectivity index (χ3v) is 5.86. The first-order valence-corrected chi connectivity index (χ1v) is 9.93. The number of rotatable bonds is 4. The summed E-state index contributed by atoms with van der Waals surface area (Å²) in [6, 6.07) is 12.1. The SMILES string of the molecule is Cc1ccccc1C1CCN(c2ccc([N+](=O)[O-])cc2S(N)(=O)=O)CC1. The molecule has 138 valence electrons. The Balaban J connectivity index is 1.85. The predicted octanol–water partition coefficient (Wildman–Crippen LogP) is 2.93. The van der Waals surface area contributed by atoms with Crippen LogP contribution in [0.5, 0.6) is 0 Å². The first-order chi connectivity index (χ1) is 12.3. The molecule has 26 heavy (non-hydrogen) atoms. The quantitative estimate of drug-likeness (QED) is 0.653. The predicted molar refractivity (Wildman–Crippen MR) is 99.8 cm³/mol. The minimum absolute atomic E-state index is 0.193. The largest absolute Gasteiger partial charge is 0.370 e. The monoisotopic (exact) mass is 375 g/mol. The summed E-state index contributed by atoms with van der Waals surface area (Å²) in [5, 5.41) is 16.3. The van der Waals surface area contributed by atoms with Crippen molar-refractivity contribution >= 4 is 21.4 Å². The number of nitrogens with zero attached hydrogens (tertiary/aromatic N) is 2. The summed E-state index contributed by atoms with van der Waals surface area (Å²) < 4.78 is 23.9. The fraction of sp³-hybridized carbons (Fsp3) is 0.333. The van der Waals surface area contributed by atoms with Crippen LogP contribution in [0, 0.1) is 17.0 Å². The molecule has 1 heterocycles. The molecule has 2 aromatic carbocycles. The minimum atomic E-state index is -4.06. The Morgan fingerprint density at radius 1 is 1.15 bits per heavy atom. The molecular formula is C18H21N3O4S. The number of piperidine rings is 1. The van der Waals surface area contributed by atoms with Gasteiger partial charge in [0.05, 0.1) is 10.6 Å². The average Bonchev–Trinajstić information content (AvgIpc) is 2.61. The van der Waals surface area contributed by atoms with Crippen molar-refractivity contribution < 1.29 is 13.3 Å². The fourth-order valence-corrected chi connectivity index (χ4v) is 4.36. The standard InChI is InChI=1S/C18H21N3O4S/c1-13-4-2-3-5-16(13)14-8-10-20(11-9-14)17-7-6-15(21(22)23)12-18(17)26(19,24)25/h2-7,12,14H,8-11H2,1H3,(H2,19,24,25). The van der Waals surface area contributed by atoms with E-state index in [4.69, 9.17) is 5.14 Å². The summed E-state index contributed by atoms with van der Waals surface area (Å²) in [6.07, 6.45) is 1.76. The molecule has 0 saturated carbocycles. The third kappa shape index (κ3) is 3.71. The Kier molecular flexibility index (Phi) is 4.97. The number of aryl methyl sites for hydroxylation is 1. The lowest BCUT2D eigenvalue weighted by molar-refractivity contribution is -0.385. The van der Waals surface area contributed by atoms with Gasteiger partial charge in [-0.1, -0.05) is 24.3 Å². The number of primary sulfonamides is 1. The van der Waals surface area contributed by atoms with E-state index in [-0.39, 0.29) is 10.6 Å². The number of nitrogens with two attached hydrogens (primary N) is 1. The summed E-state index contributed by atoms with van der Waals surface area (Å²) in [5.74, 6) is 0.420. The van der Waals surface area contributed by atoms with Gasteiger partial charge in [-0.15, -0.1) is 0 Å². The normalized spacial score (nSPS) is 15.8. The smallest absolute Gasteiger partial charge is 0.270 e. The Labute approximate surface area is 152 Å². The van der Waals surface area contributed by atoms with Gasteiger partial charge in [0.15, 0.2) is 0 Å². The van der Waals surface area contributed by atoms with E-state index in [1.807, 2.05) is 17.0 Å². The number of benzene rings is 2. The summed E-state index contributed by atoms with van der Waals surface area (Å²) in [7, 11) is -4.06. The van der Waals surface area contributed by atoms with E-state index in [1.54, 1.807) is 0 Å². The highest BCUT2D eigenvalue weighted by atomic mass is 32.2. The molecule has 1 saturated heterocycles. The Bertz CT molecular complexity index is 935. The van der Waals surface area contributed by atoms with Crippen LogP contribution in [0.1, 0.15) is 29.9 Å². The lowest BCUT2D eigenvalue weighted by atomic mass is 9.87. The summed E-state index contributed by atoms with van der Waals surface area (Å²) in [5.41, 5.74) is 2.72. The van der Waals surface area contributed by atoms with Crippen LogP contribution in [-0.2, 0) is 10.0 Å². The van der Waals surface area contributed by atoms with Crippen molar-refractivity contribution in [2.45, 2.75) is 30.6 Å². The van der Waals surface area contributed by atoms with Gasteiger partial charge in [-0.2, -0.15) is 0 Å². The van der Waals surface area contributed by atoms with Crippen LogP contribution in [0.3, 0.4) is 0 Å². The van der Waals surface area contributed by atoms with Crippen molar-refractivity contribution in [2.75, 3.05) is 18.0 Å². The lowest BCUT2D eigenvalue weighted by Crippen LogP contribution is -2.34. The van der Waals surface area contributed by atoms with Crippen LogP contribution in [0.2, 0.25) is 0 Å². The highest BCUT2D eigenvalue weighted by molar-refractivity contribution is 7.89. The van der Waals surface area contributed by atoms with Gasteiger partial charge in [0.1, 0.15) is 4.90 Å². The zero-order valence-corrected chi connectivity index (χ0v) is 15.3. The topological polar surface area (TPSA) is 107 Å². The second kappa shape index (κ2) is 7.05. The average molecular weight is 375 g/mol. The molecule has 2 aromatic rings. The molecule has 0 unspecified atom stereocenters. The van der Waals surface area contributed by atoms with Crippen molar-refractivity contribution in [1.29, 1.82) is 0 Å². The van der Waals surface area contributed by atoms with E-state index in [2.05, 4.69) is 19.1 Å². The Morgan fingerprint density at radius 2 is 1.81 bits per heavy atom. The third-order valence-electron chi connectivity index (χ3n) is 4.92. The van der Waals surface area contributed by atoms with Gasteiger partial charge < -0.3 is 4.90 Å². The van der Waals surface area contributed by atoms with E-state index in [9.17, 15) is 18.5 Å². The number of nitro benzene ring substituents is 1. The second-order valence-electron chi connectivity index (χ2n) is 6.57. The highest BCUT2D eigenvalue weighted by Crippen LogP contribution is 2.35. The van der Waals surface area contributed by atoms with Crippen molar-refractivity contribution in [1.82, 2.24) is 0 Å². The van der Waals surface area contributed by atoms with Gasteiger partial charge in [0.2, 0.25) is 10.0 Å². The molecule has 1 aliphatic heterocycles. The number of sulfonamides is 1. The first-order valence-electron chi connectivity index (χ1n) is 8.39. The second-order valence-corrected chi connectivity index (χ2v) is 8.10.